The molecule has 6 nitrogen and oxygen atoms in total. The summed E-state index contributed by atoms with van der Waals surface area (Å²) in [5.74, 6) is -0.114. The highest BCUT2D eigenvalue weighted by Gasteiger charge is 2.27. The van der Waals surface area contributed by atoms with Crippen molar-refractivity contribution >= 4 is 22.6 Å². The Kier molecular flexibility index (Phi) is 6.29. The van der Waals surface area contributed by atoms with Gasteiger partial charge in [0.2, 0.25) is 0 Å². The second-order valence-corrected chi connectivity index (χ2v) is 6.83. The van der Waals surface area contributed by atoms with Crippen LogP contribution in [0.4, 0.5) is 0 Å². The number of ether oxygens (including phenoxy) is 1. The molecule has 1 heterocycles. The van der Waals surface area contributed by atoms with E-state index in [1.807, 2.05) is 59.2 Å². The molecule has 0 bridgehead atoms. The second-order valence-electron chi connectivity index (χ2n) is 6.83. The average molecular weight is 370 g/mol. The van der Waals surface area contributed by atoms with Crippen molar-refractivity contribution in [1.82, 2.24) is 9.80 Å². The van der Waals surface area contributed by atoms with Crippen LogP contribution in [0.3, 0.4) is 0 Å². The molecule has 1 saturated heterocycles. The molecule has 0 saturated carbocycles. The topological polar surface area (TPSA) is 70.1 Å². The van der Waals surface area contributed by atoms with Crippen LogP contribution in [-0.4, -0.2) is 65.6 Å². The largest absolute Gasteiger partial charge is 0.483 e. The number of likely N-dealkylation sites (N-methyl/N-ethyl adjacent to an activating group) is 1. The van der Waals surface area contributed by atoms with Crippen molar-refractivity contribution in [2.75, 3.05) is 32.8 Å². The molecule has 1 fully saturated rings. The van der Waals surface area contributed by atoms with E-state index in [4.69, 9.17) is 9.84 Å². The molecular weight excluding hydrogens is 344 g/mol. The van der Waals surface area contributed by atoms with Gasteiger partial charge in [0.05, 0.1) is 6.54 Å². The summed E-state index contributed by atoms with van der Waals surface area (Å²) in [7, 11) is 0. The number of carboxylic acids is 1. The van der Waals surface area contributed by atoms with Gasteiger partial charge in [-0.25, -0.2) is 0 Å². The number of hydrogen-bond donors (Lipinski definition) is 1. The lowest BCUT2D eigenvalue weighted by Crippen LogP contribution is -2.49. The van der Waals surface area contributed by atoms with Crippen molar-refractivity contribution in [3.63, 3.8) is 0 Å². The van der Waals surface area contributed by atoms with Crippen LogP contribution in [0, 0.1) is 0 Å². The lowest BCUT2D eigenvalue weighted by atomic mass is 10.0. The molecule has 0 unspecified atom stereocenters. The fourth-order valence-corrected chi connectivity index (χ4v) is 3.71. The zero-order valence-electron chi connectivity index (χ0n) is 15.6. The Balaban J connectivity index is 1.53. The first-order valence-electron chi connectivity index (χ1n) is 9.42. The molecule has 144 valence electrons. The number of carboxylic acid groups (broad SMARTS) is 1. The third kappa shape index (κ3) is 4.77. The van der Waals surface area contributed by atoms with Gasteiger partial charge in [0.25, 0.3) is 5.91 Å². The van der Waals surface area contributed by atoms with Gasteiger partial charge < -0.3 is 14.7 Å². The van der Waals surface area contributed by atoms with Gasteiger partial charge in [-0.2, -0.15) is 0 Å². The molecule has 1 aliphatic rings. The summed E-state index contributed by atoms with van der Waals surface area (Å²) in [6, 6.07) is 14.0. The summed E-state index contributed by atoms with van der Waals surface area (Å²) >= 11 is 0. The number of carbonyl (C=O) groups is 2. The van der Waals surface area contributed by atoms with E-state index in [0.717, 1.165) is 29.4 Å². The minimum atomic E-state index is -0.807. The van der Waals surface area contributed by atoms with Gasteiger partial charge in [0.1, 0.15) is 5.75 Å². The highest BCUT2D eigenvalue weighted by Crippen LogP contribution is 2.25. The Labute approximate surface area is 159 Å². The first-order valence-corrected chi connectivity index (χ1v) is 9.42. The maximum atomic E-state index is 12.5. The number of benzene rings is 2. The number of rotatable bonds is 7. The summed E-state index contributed by atoms with van der Waals surface area (Å²) < 4.78 is 5.80. The Morgan fingerprint density at radius 1 is 1.15 bits per heavy atom. The summed E-state index contributed by atoms with van der Waals surface area (Å²) in [6.45, 7) is 4.02. The molecule has 0 atom stereocenters. The predicted molar refractivity (Wildman–Crippen MR) is 104 cm³/mol. The standard InChI is InChI=1S/C21H26N2O4/c1-2-22(14-21(25)26)17-10-12-23(13-11-17)20(24)15-27-19-9-5-7-16-6-3-4-8-18(16)19/h3-9,17H,2,10-15H2,1H3,(H,25,26). The first-order chi connectivity index (χ1) is 13.1. The smallest absolute Gasteiger partial charge is 0.317 e. The van der Waals surface area contributed by atoms with E-state index in [9.17, 15) is 9.59 Å². The number of aliphatic carboxylic acids is 1. The van der Waals surface area contributed by atoms with Gasteiger partial charge in [0.15, 0.2) is 6.61 Å². The molecule has 1 N–H and O–H groups in total. The fraction of sp³-hybridized carbons (Fsp3) is 0.429. The minimum absolute atomic E-state index is 0.0191. The molecule has 27 heavy (non-hydrogen) atoms. The van der Waals surface area contributed by atoms with Crippen LogP contribution < -0.4 is 4.74 Å². The second kappa shape index (κ2) is 8.86. The zero-order valence-corrected chi connectivity index (χ0v) is 15.6. The third-order valence-electron chi connectivity index (χ3n) is 5.18. The molecule has 0 radical (unpaired) electrons. The number of fused-ring (bicyclic) bond motifs is 1. The van der Waals surface area contributed by atoms with Crippen molar-refractivity contribution in [3.05, 3.63) is 42.5 Å². The molecule has 6 heteroatoms. The Morgan fingerprint density at radius 2 is 1.85 bits per heavy atom. The number of carbonyl (C=O) groups excluding carboxylic acids is 1. The van der Waals surface area contributed by atoms with Gasteiger partial charge >= 0.3 is 5.97 Å². The summed E-state index contributed by atoms with van der Waals surface area (Å²) in [5.41, 5.74) is 0. The number of hydrogen-bond acceptors (Lipinski definition) is 4. The van der Waals surface area contributed by atoms with Gasteiger partial charge in [-0.15, -0.1) is 0 Å². The van der Waals surface area contributed by atoms with Crippen LogP contribution in [0.1, 0.15) is 19.8 Å². The fourth-order valence-electron chi connectivity index (χ4n) is 3.71. The molecule has 3 rings (SSSR count). The van der Waals surface area contributed by atoms with E-state index in [1.165, 1.54) is 0 Å². The molecule has 2 aromatic rings. The lowest BCUT2D eigenvalue weighted by Gasteiger charge is -2.37. The molecule has 0 spiro atoms. The zero-order chi connectivity index (χ0) is 19.2. The Morgan fingerprint density at radius 3 is 2.56 bits per heavy atom. The van der Waals surface area contributed by atoms with E-state index in [1.54, 1.807) is 0 Å². The molecular formula is C21H26N2O4. The van der Waals surface area contributed by atoms with E-state index in [-0.39, 0.29) is 25.1 Å². The van der Waals surface area contributed by atoms with E-state index in [0.29, 0.717) is 19.6 Å². The summed E-state index contributed by atoms with van der Waals surface area (Å²) in [5, 5.41) is 11.1. The first kappa shape index (κ1) is 19.2. The van der Waals surface area contributed by atoms with Crippen molar-refractivity contribution < 1.29 is 19.4 Å². The normalized spacial score (nSPS) is 15.3. The van der Waals surface area contributed by atoms with Gasteiger partial charge in [-0.05, 0) is 30.8 Å². The van der Waals surface area contributed by atoms with Crippen molar-refractivity contribution in [2.45, 2.75) is 25.8 Å². The molecule has 0 aliphatic carbocycles. The predicted octanol–water partition coefficient (Wildman–Crippen LogP) is 2.62. The van der Waals surface area contributed by atoms with Crippen LogP contribution in [0.25, 0.3) is 10.8 Å². The maximum Gasteiger partial charge on any atom is 0.317 e. The highest BCUT2D eigenvalue weighted by atomic mass is 16.5. The van der Waals surface area contributed by atoms with Crippen LogP contribution in [0.2, 0.25) is 0 Å². The van der Waals surface area contributed by atoms with Gasteiger partial charge in [-0.3, -0.25) is 14.5 Å². The summed E-state index contributed by atoms with van der Waals surface area (Å²) in [4.78, 5) is 27.3. The molecule has 1 amide bonds. The van der Waals surface area contributed by atoms with Crippen LogP contribution in [0.15, 0.2) is 42.5 Å². The van der Waals surface area contributed by atoms with Crippen LogP contribution in [0.5, 0.6) is 5.75 Å². The molecule has 1 aliphatic heterocycles. The maximum absolute atomic E-state index is 12.5. The van der Waals surface area contributed by atoms with Crippen LogP contribution >= 0.6 is 0 Å². The van der Waals surface area contributed by atoms with Crippen molar-refractivity contribution in [1.29, 1.82) is 0 Å². The van der Waals surface area contributed by atoms with E-state index in [2.05, 4.69) is 0 Å². The van der Waals surface area contributed by atoms with Crippen molar-refractivity contribution in [2.24, 2.45) is 0 Å². The molecule has 2 aromatic carbocycles. The number of piperidine rings is 1. The Hall–Kier alpha value is -2.60. The van der Waals surface area contributed by atoms with E-state index < -0.39 is 5.97 Å². The van der Waals surface area contributed by atoms with E-state index >= 15 is 0 Å². The lowest BCUT2D eigenvalue weighted by molar-refractivity contribution is -0.140. The highest BCUT2D eigenvalue weighted by molar-refractivity contribution is 5.88. The number of nitrogens with zero attached hydrogens (tertiary/aromatic N) is 2. The number of likely N-dealkylation sites (tertiary alicyclic amines) is 1. The van der Waals surface area contributed by atoms with Crippen LogP contribution in [-0.2, 0) is 9.59 Å². The quantitative estimate of drug-likeness (QED) is 0.811. The monoisotopic (exact) mass is 370 g/mol. The number of amides is 1. The third-order valence-corrected chi connectivity index (χ3v) is 5.18. The SMILES string of the molecule is CCN(CC(=O)O)C1CCN(C(=O)COc2cccc3ccccc23)CC1. The van der Waals surface area contributed by atoms with Crippen molar-refractivity contribution in [3.8, 4) is 5.75 Å². The molecule has 0 aromatic heterocycles. The minimum Gasteiger partial charge on any atom is -0.483 e. The average Bonchev–Trinajstić information content (AvgIpc) is 2.70. The van der Waals surface area contributed by atoms with Gasteiger partial charge in [-0.1, -0.05) is 43.3 Å². The Bertz CT molecular complexity index is 794. The van der Waals surface area contributed by atoms with Gasteiger partial charge in [0, 0.05) is 24.5 Å². The summed E-state index contributed by atoms with van der Waals surface area (Å²) in [6.07, 6.45) is 1.59.